The molecule has 1 fully saturated rings. The van der Waals surface area contributed by atoms with Gasteiger partial charge in [0.1, 0.15) is 0 Å². The smallest absolute Gasteiger partial charge is 0.260 e. The minimum Gasteiger partial charge on any atom is -0.493 e. The highest BCUT2D eigenvalue weighted by molar-refractivity contribution is 6.31. The number of para-hydroxylation sites is 2. The molecule has 0 atom stereocenters. The standard InChI is InChI=1S/C22H23ClN2O3/c1-27-20-4-2-3-5-21(20)28-14-22(26)25-10-8-15(9-11-25)18-13-24-19-12-16(23)6-7-17(18)19/h2-7,12-13,15,24H,8-11,14H2,1H3. The summed E-state index contributed by atoms with van der Waals surface area (Å²) in [5.41, 5.74) is 2.37. The number of aromatic nitrogens is 1. The second-order valence-corrected chi connectivity index (χ2v) is 7.46. The van der Waals surface area contributed by atoms with Gasteiger partial charge < -0.3 is 19.4 Å². The summed E-state index contributed by atoms with van der Waals surface area (Å²) in [5.74, 6) is 1.67. The molecular formula is C22H23ClN2O3. The molecule has 0 unspecified atom stereocenters. The number of amides is 1. The molecule has 0 spiro atoms. The molecule has 1 N–H and O–H groups in total. The van der Waals surface area contributed by atoms with E-state index in [0.29, 0.717) is 17.4 Å². The molecule has 0 saturated carbocycles. The highest BCUT2D eigenvalue weighted by atomic mass is 35.5. The number of piperidine rings is 1. The first-order valence-corrected chi connectivity index (χ1v) is 9.83. The van der Waals surface area contributed by atoms with E-state index in [9.17, 15) is 4.79 Å². The minimum atomic E-state index is 0.00932. The Kier molecular flexibility index (Phi) is 5.44. The van der Waals surface area contributed by atoms with Crippen molar-refractivity contribution < 1.29 is 14.3 Å². The van der Waals surface area contributed by atoms with Crippen LogP contribution in [0.3, 0.4) is 0 Å². The van der Waals surface area contributed by atoms with Gasteiger partial charge in [0.15, 0.2) is 18.1 Å². The summed E-state index contributed by atoms with van der Waals surface area (Å²) in [6, 6.07) is 13.3. The van der Waals surface area contributed by atoms with Crippen LogP contribution in [0.15, 0.2) is 48.7 Å². The number of ether oxygens (including phenoxy) is 2. The molecule has 1 aliphatic heterocycles. The van der Waals surface area contributed by atoms with Crippen molar-refractivity contribution in [3.8, 4) is 11.5 Å². The van der Waals surface area contributed by atoms with Gasteiger partial charge in [-0.3, -0.25) is 4.79 Å². The first kappa shape index (κ1) is 18.7. The minimum absolute atomic E-state index is 0.00932. The normalized spacial score (nSPS) is 15.0. The zero-order valence-corrected chi connectivity index (χ0v) is 16.5. The van der Waals surface area contributed by atoms with Crippen molar-refractivity contribution in [3.63, 3.8) is 0 Å². The van der Waals surface area contributed by atoms with Gasteiger partial charge in [0.2, 0.25) is 0 Å². The molecule has 28 heavy (non-hydrogen) atoms. The van der Waals surface area contributed by atoms with Crippen molar-refractivity contribution in [3.05, 3.63) is 59.2 Å². The lowest BCUT2D eigenvalue weighted by Crippen LogP contribution is -2.40. The quantitative estimate of drug-likeness (QED) is 0.682. The SMILES string of the molecule is COc1ccccc1OCC(=O)N1CCC(c2c[nH]c3cc(Cl)ccc23)CC1. The van der Waals surface area contributed by atoms with Crippen LogP contribution in [0.2, 0.25) is 5.02 Å². The highest BCUT2D eigenvalue weighted by Gasteiger charge is 2.25. The summed E-state index contributed by atoms with van der Waals surface area (Å²) in [6.07, 6.45) is 3.96. The summed E-state index contributed by atoms with van der Waals surface area (Å²) in [4.78, 5) is 17.8. The monoisotopic (exact) mass is 398 g/mol. The largest absolute Gasteiger partial charge is 0.493 e. The maximum Gasteiger partial charge on any atom is 0.260 e. The number of H-pyrrole nitrogens is 1. The van der Waals surface area contributed by atoms with Crippen molar-refractivity contribution in [1.82, 2.24) is 9.88 Å². The average molecular weight is 399 g/mol. The van der Waals surface area contributed by atoms with E-state index < -0.39 is 0 Å². The first-order valence-electron chi connectivity index (χ1n) is 9.46. The van der Waals surface area contributed by atoms with Crippen molar-refractivity contribution in [2.45, 2.75) is 18.8 Å². The topological polar surface area (TPSA) is 54.6 Å². The number of halogens is 1. The molecule has 0 aliphatic carbocycles. The van der Waals surface area contributed by atoms with E-state index in [2.05, 4.69) is 17.2 Å². The summed E-state index contributed by atoms with van der Waals surface area (Å²) >= 11 is 6.08. The molecule has 0 radical (unpaired) electrons. The third-order valence-electron chi connectivity index (χ3n) is 5.38. The fourth-order valence-corrected chi connectivity index (χ4v) is 4.04. The van der Waals surface area contributed by atoms with Crippen LogP contribution in [0.25, 0.3) is 10.9 Å². The fraction of sp³-hybridized carbons (Fsp3) is 0.318. The van der Waals surface area contributed by atoms with Gasteiger partial charge in [-0.25, -0.2) is 0 Å². The Bertz CT molecular complexity index is 977. The van der Waals surface area contributed by atoms with Crippen LogP contribution in [-0.4, -0.2) is 42.6 Å². The van der Waals surface area contributed by atoms with Gasteiger partial charge >= 0.3 is 0 Å². The van der Waals surface area contributed by atoms with Gasteiger partial charge in [0, 0.05) is 35.2 Å². The van der Waals surface area contributed by atoms with Crippen molar-refractivity contribution in [1.29, 1.82) is 0 Å². The van der Waals surface area contributed by atoms with E-state index in [4.69, 9.17) is 21.1 Å². The summed E-state index contributed by atoms with van der Waals surface area (Å²) < 4.78 is 10.9. The number of hydrogen-bond acceptors (Lipinski definition) is 3. The van der Waals surface area contributed by atoms with E-state index in [1.165, 1.54) is 10.9 Å². The molecule has 4 rings (SSSR count). The van der Waals surface area contributed by atoms with Crippen LogP contribution in [0, 0.1) is 0 Å². The van der Waals surface area contributed by atoms with E-state index in [0.717, 1.165) is 36.5 Å². The summed E-state index contributed by atoms with van der Waals surface area (Å²) in [5, 5.41) is 1.95. The molecule has 5 nitrogen and oxygen atoms in total. The van der Waals surface area contributed by atoms with Gasteiger partial charge in [-0.2, -0.15) is 0 Å². The Labute approximate surface area is 169 Å². The average Bonchev–Trinajstić information content (AvgIpc) is 3.15. The lowest BCUT2D eigenvalue weighted by Gasteiger charge is -2.32. The Morgan fingerprint density at radius 3 is 2.68 bits per heavy atom. The number of methoxy groups -OCH3 is 1. The van der Waals surface area contributed by atoms with Crippen LogP contribution in [-0.2, 0) is 4.79 Å². The van der Waals surface area contributed by atoms with Crippen LogP contribution in [0.1, 0.15) is 24.3 Å². The van der Waals surface area contributed by atoms with E-state index >= 15 is 0 Å². The zero-order chi connectivity index (χ0) is 19.5. The molecule has 1 amide bonds. The molecular weight excluding hydrogens is 376 g/mol. The maximum absolute atomic E-state index is 12.6. The first-order chi connectivity index (χ1) is 13.7. The Morgan fingerprint density at radius 1 is 1.18 bits per heavy atom. The number of likely N-dealkylation sites (tertiary alicyclic amines) is 1. The number of fused-ring (bicyclic) bond motifs is 1. The molecule has 3 aromatic rings. The molecule has 0 bridgehead atoms. The van der Waals surface area contributed by atoms with E-state index in [1.807, 2.05) is 41.3 Å². The Balaban J connectivity index is 1.35. The molecule has 6 heteroatoms. The molecule has 1 saturated heterocycles. The predicted octanol–water partition coefficient (Wildman–Crippen LogP) is 4.61. The van der Waals surface area contributed by atoms with Gasteiger partial charge in [-0.05, 0) is 48.6 Å². The number of nitrogens with zero attached hydrogens (tertiary/aromatic N) is 1. The lowest BCUT2D eigenvalue weighted by molar-refractivity contribution is -0.134. The van der Waals surface area contributed by atoms with Gasteiger partial charge in [-0.15, -0.1) is 0 Å². The maximum atomic E-state index is 12.6. The number of carbonyl (C=O) groups is 1. The fourth-order valence-electron chi connectivity index (χ4n) is 3.87. The molecule has 1 aromatic heterocycles. The second-order valence-electron chi connectivity index (χ2n) is 7.03. The lowest BCUT2D eigenvalue weighted by atomic mass is 9.89. The Hall–Kier alpha value is -2.66. The third-order valence-corrected chi connectivity index (χ3v) is 5.62. The molecule has 2 aromatic carbocycles. The van der Waals surface area contributed by atoms with E-state index in [1.54, 1.807) is 7.11 Å². The number of rotatable bonds is 5. The molecule has 2 heterocycles. The summed E-state index contributed by atoms with van der Waals surface area (Å²) in [6.45, 7) is 1.49. The summed E-state index contributed by atoms with van der Waals surface area (Å²) in [7, 11) is 1.59. The number of hydrogen-bond donors (Lipinski definition) is 1. The number of carbonyl (C=O) groups excluding carboxylic acids is 1. The van der Waals surface area contributed by atoms with Crippen LogP contribution >= 0.6 is 11.6 Å². The second kappa shape index (κ2) is 8.15. The highest BCUT2D eigenvalue weighted by Crippen LogP contribution is 2.34. The van der Waals surface area contributed by atoms with Crippen molar-refractivity contribution in [2.75, 3.05) is 26.8 Å². The van der Waals surface area contributed by atoms with Gasteiger partial charge in [0.25, 0.3) is 5.91 Å². The molecule has 1 aliphatic rings. The number of benzene rings is 2. The van der Waals surface area contributed by atoms with Crippen molar-refractivity contribution in [2.24, 2.45) is 0 Å². The third kappa shape index (κ3) is 3.80. The van der Waals surface area contributed by atoms with Crippen LogP contribution in [0.4, 0.5) is 0 Å². The zero-order valence-electron chi connectivity index (χ0n) is 15.8. The Morgan fingerprint density at radius 2 is 1.93 bits per heavy atom. The van der Waals surface area contributed by atoms with E-state index in [-0.39, 0.29) is 12.5 Å². The van der Waals surface area contributed by atoms with Crippen molar-refractivity contribution >= 4 is 28.4 Å². The van der Waals surface area contributed by atoms with Crippen LogP contribution < -0.4 is 9.47 Å². The number of nitrogens with one attached hydrogen (secondary N) is 1. The van der Waals surface area contributed by atoms with Crippen LogP contribution in [0.5, 0.6) is 11.5 Å². The van der Waals surface area contributed by atoms with Gasteiger partial charge in [-0.1, -0.05) is 29.8 Å². The van der Waals surface area contributed by atoms with Gasteiger partial charge in [0.05, 0.1) is 7.11 Å². The predicted molar refractivity (Wildman–Crippen MR) is 110 cm³/mol. The molecule has 146 valence electrons. The number of aromatic amines is 1.